The van der Waals surface area contributed by atoms with Crippen molar-refractivity contribution in [2.75, 3.05) is 44.2 Å². The van der Waals surface area contributed by atoms with Crippen molar-refractivity contribution in [2.45, 2.75) is 12.8 Å². The summed E-state index contributed by atoms with van der Waals surface area (Å²) in [6, 6.07) is 9.46. The third-order valence-corrected chi connectivity index (χ3v) is 4.82. The van der Waals surface area contributed by atoms with Gasteiger partial charge in [-0.1, -0.05) is 18.2 Å². The van der Waals surface area contributed by atoms with Crippen LogP contribution in [0.4, 0.5) is 5.69 Å². The molecule has 7 nitrogen and oxygen atoms in total. The quantitative estimate of drug-likeness (QED) is 0.837. The van der Waals surface area contributed by atoms with Gasteiger partial charge in [0.15, 0.2) is 0 Å². The first-order chi connectivity index (χ1) is 12.0. The molecule has 25 heavy (non-hydrogen) atoms. The van der Waals surface area contributed by atoms with Gasteiger partial charge in [0.25, 0.3) is 0 Å². The van der Waals surface area contributed by atoms with Crippen LogP contribution in [0.2, 0.25) is 0 Å². The zero-order valence-corrected chi connectivity index (χ0v) is 14.3. The van der Waals surface area contributed by atoms with Gasteiger partial charge in [0.2, 0.25) is 17.7 Å². The third kappa shape index (κ3) is 4.17. The number of para-hydroxylation sites is 1. The average Bonchev–Trinajstić information content (AvgIpc) is 2.83. The van der Waals surface area contributed by atoms with Crippen LogP contribution in [0.5, 0.6) is 0 Å². The number of nitrogens with two attached hydrogens (primary N) is 1. The number of benzene rings is 1. The van der Waals surface area contributed by atoms with Gasteiger partial charge in [-0.15, -0.1) is 0 Å². The molecule has 3 rings (SSSR count). The fourth-order valence-electron chi connectivity index (χ4n) is 3.56. The van der Waals surface area contributed by atoms with E-state index in [2.05, 4.69) is 0 Å². The van der Waals surface area contributed by atoms with Crippen LogP contribution in [0.3, 0.4) is 0 Å². The van der Waals surface area contributed by atoms with Crippen molar-refractivity contribution in [3.63, 3.8) is 0 Å². The molecule has 1 atom stereocenters. The third-order valence-electron chi connectivity index (χ3n) is 4.82. The molecule has 134 valence electrons. The van der Waals surface area contributed by atoms with Crippen LogP contribution in [-0.2, 0) is 14.4 Å². The predicted octanol–water partition coefficient (Wildman–Crippen LogP) is 0.0591. The Labute approximate surface area is 147 Å². The van der Waals surface area contributed by atoms with E-state index >= 15 is 0 Å². The summed E-state index contributed by atoms with van der Waals surface area (Å²) in [5.74, 6) is -0.613. The van der Waals surface area contributed by atoms with Gasteiger partial charge in [-0.05, 0) is 18.6 Å². The van der Waals surface area contributed by atoms with Gasteiger partial charge in [0, 0.05) is 44.8 Å². The highest BCUT2D eigenvalue weighted by molar-refractivity contribution is 6.00. The van der Waals surface area contributed by atoms with E-state index in [9.17, 15) is 14.4 Å². The Bertz CT molecular complexity index is 649. The Morgan fingerprint density at radius 1 is 1.08 bits per heavy atom. The molecule has 7 heteroatoms. The first-order valence-corrected chi connectivity index (χ1v) is 8.69. The largest absolute Gasteiger partial charge is 0.369 e. The predicted molar refractivity (Wildman–Crippen MR) is 93.7 cm³/mol. The van der Waals surface area contributed by atoms with Crippen LogP contribution < -0.4 is 10.6 Å². The summed E-state index contributed by atoms with van der Waals surface area (Å²) < 4.78 is 0. The zero-order chi connectivity index (χ0) is 17.8. The SMILES string of the molecule is NC(=O)CN1CCCN(C(=O)[C@@H]2CC(=O)N(c3ccccc3)C2)CC1. The second-order valence-electron chi connectivity index (χ2n) is 6.66. The van der Waals surface area contributed by atoms with Gasteiger partial charge in [0.05, 0.1) is 12.5 Å². The molecule has 2 heterocycles. The van der Waals surface area contributed by atoms with Crippen LogP contribution in [0.25, 0.3) is 0 Å². The standard InChI is InChI=1S/C18H24N4O3/c19-16(23)13-20-7-4-8-21(10-9-20)18(25)14-11-17(24)22(12-14)15-5-2-1-3-6-15/h1-3,5-6,14H,4,7-13H2,(H2,19,23)/t14-/m1/s1. The lowest BCUT2D eigenvalue weighted by molar-refractivity contribution is -0.135. The highest BCUT2D eigenvalue weighted by Crippen LogP contribution is 2.26. The summed E-state index contributed by atoms with van der Waals surface area (Å²) in [4.78, 5) is 41.7. The minimum Gasteiger partial charge on any atom is -0.369 e. The van der Waals surface area contributed by atoms with E-state index < -0.39 is 0 Å². The lowest BCUT2D eigenvalue weighted by Gasteiger charge is -2.24. The van der Waals surface area contributed by atoms with E-state index in [-0.39, 0.29) is 36.6 Å². The Kier molecular flexibility index (Phi) is 5.33. The molecule has 0 spiro atoms. The van der Waals surface area contributed by atoms with Crippen molar-refractivity contribution < 1.29 is 14.4 Å². The number of nitrogens with zero attached hydrogens (tertiary/aromatic N) is 3. The minimum absolute atomic E-state index is 0.00488. The van der Waals surface area contributed by atoms with Gasteiger partial charge >= 0.3 is 0 Å². The lowest BCUT2D eigenvalue weighted by atomic mass is 10.1. The van der Waals surface area contributed by atoms with Crippen molar-refractivity contribution in [1.82, 2.24) is 9.80 Å². The van der Waals surface area contributed by atoms with Crippen LogP contribution in [0.1, 0.15) is 12.8 Å². The molecule has 1 aromatic rings. The van der Waals surface area contributed by atoms with Gasteiger partial charge in [-0.25, -0.2) is 0 Å². The van der Waals surface area contributed by atoms with Crippen LogP contribution in [0.15, 0.2) is 30.3 Å². The number of hydrogen-bond donors (Lipinski definition) is 1. The maximum Gasteiger partial charge on any atom is 0.231 e. The number of rotatable bonds is 4. The van der Waals surface area contributed by atoms with Crippen molar-refractivity contribution in [3.05, 3.63) is 30.3 Å². The molecule has 2 fully saturated rings. The first-order valence-electron chi connectivity index (χ1n) is 8.69. The van der Waals surface area contributed by atoms with E-state index in [1.54, 1.807) is 4.90 Å². The van der Waals surface area contributed by atoms with Crippen LogP contribution in [0, 0.1) is 5.92 Å². The Balaban J connectivity index is 1.60. The second-order valence-corrected chi connectivity index (χ2v) is 6.66. The molecule has 2 N–H and O–H groups in total. The number of carbonyl (C=O) groups excluding carboxylic acids is 3. The molecule has 0 unspecified atom stereocenters. The van der Waals surface area contributed by atoms with Crippen molar-refractivity contribution in [1.29, 1.82) is 0 Å². The Hall–Kier alpha value is -2.41. The molecule has 0 radical (unpaired) electrons. The van der Waals surface area contributed by atoms with E-state index in [1.165, 1.54) is 0 Å². The number of amides is 3. The number of primary amides is 1. The number of hydrogen-bond acceptors (Lipinski definition) is 4. The summed E-state index contributed by atoms with van der Waals surface area (Å²) in [5, 5.41) is 0. The molecule has 2 aliphatic rings. The molecule has 2 aliphatic heterocycles. The van der Waals surface area contributed by atoms with Crippen molar-refractivity contribution in [2.24, 2.45) is 11.7 Å². The minimum atomic E-state index is -0.348. The van der Waals surface area contributed by atoms with Crippen molar-refractivity contribution in [3.8, 4) is 0 Å². The normalized spacial score (nSPS) is 22.1. The first kappa shape index (κ1) is 17.4. The summed E-state index contributed by atoms with van der Waals surface area (Å²) in [6.45, 7) is 3.28. The van der Waals surface area contributed by atoms with Gasteiger partial charge < -0.3 is 15.5 Å². The van der Waals surface area contributed by atoms with E-state index in [0.717, 1.165) is 18.7 Å². The lowest BCUT2D eigenvalue weighted by Crippen LogP contribution is -2.41. The maximum atomic E-state index is 12.8. The zero-order valence-electron chi connectivity index (χ0n) is 14.3. The molecule has 0 bridgehead atoms. The maximum absolute atomic E-state index is 12.8. The summed E-state index contributed by atoms with van der Waals surface area (Å²) >= 11 is 0. The molecular weight excluding hydrogens is 320 g/mol. The molecule has 0 saturated carbocycles. The van der Waals surface area contributed by atoms with Crippen LogP contribution >= 0.6 is 0 Å². The summed E-state index contributed by atoms with van der Waals surface area (Å²) in [6.07, 6.45) is 1.07. The topological polar surface area (TPSA) is 87.0 Å². The van der Waals surface area contributed by atoms with E-state index in [4.69, 9.17) is 5.73 Å². The summed E-state index contributed by atoms with van der Waals surface area (Å²) in [5.41, 5.74) is 6.09. The highest BCUT2D eigenvalue weighted by atomic mass is 16.2. The summed E-state index contributed by atoms with van der Waals surface area (Å²) in [7, 11) is 0. The molecule has 3 amide bonds. The van der Waals surface area contributed by atoms with Gasteiger partial charge in [0.1, 0.15) is 0 Å². The highest BCUT2D eigenvalue weighted by Gasteiger charge is 2.37. The fourth-order valence-corrected chi connectivity index (χ4v) is 3.56. The van der Waals surface area contributed by atoms with Gasteiger partial charge in [-0.2, -0.15) is 0 Å². The van der Waals surface area contributed by atoms with E-state index in [0.29, 0.717) is 26.2 Å². The Morgan fingerprint density at radius 2 is 1.84 bits per heavy atom. The monoisotopic (exact) mass is 344 g/mol. The second kappa shape index (κ2) is 7.65. The molecule has 2 saturated heterocycles. The van der Waals surface area contributed by atoms with Gasteiger partial charge in [-0.3, -0.25) is 19.3 Å². The molecule has 0 aromatic heterocycles. The fraction of sp³-hybridized carbons (Fsp3) is 0.500. The molecule has 0 aliphatic carbocycles. The van der Waals surface area contributed by atoms with Crippen LogP contribution in [-0.4, -0.2) is 66.8 Å². The molecule has 1 aromatic carbocycles. The number of carbonyl (C=O) groups is 3. The van der Waals surface area contributed by atoms with E-state index in [1.807, 2.05) is 40.1 Å². The molecular formula is C18H24N4O3. The average molecular weight is 344 g/mol. The Morgan fingerprint density at radius 3 is 2.56 bits per heavy atom. The smallest absolute Gasteiger partial charge is 0.231 e. The number of anilines is 1. The van der Waals surface area contributed by atoms with Crippen molar-refractivity contribution >= 4 is 23.4 Å².